The van der Waals surface area contributed by atoms with E-state index in [2.05, 4.69) is 24.4 Å². The van der Waals surface area contributed by atoms with Gasteiger partial charge in [-0.3, -0.25) is 9.59 Å². The molecule has 4 heteroatoms. The fraction of sp³-hybridized carbons (Fsp3) is 0.556. The molecule has 2 aliphatic rings. The minimum absolute atomic E-state index is 0.0166. The fourth-order valence-electron chi connectivity index (χ4n) is 3.99. The number of aliphatic carboxylic acids is 1. The molecule has 4 nitrogen and oxygen atoms in total. The summed E-state index contributed by atoms with van der Waals surface area (Å²) in [6.45, 7) is 2.09. The Balaban J connectivity index is 1.73. The first kappa shape index (κ1) is 15.1. The Morgan fingerprint density at radius 2 is 1.95 bits per heavy atom. The van der Waals surface area contributed by atoms with Gasteiger partial charge in [0.05, 0.1) is 11.5 Å². The number of hydrogen-bond donors (Lipinski definition) is 2. The van der Waals surface area contributed by atoms with E-state index in [1.165, 1.54) is 11.1 Å². The third kappa shape index (κ3) is 2.74. The van der Waals surface area contributed by atoms with Gasteiger partial charge in [0.1, 0.15) is 0 Å². The summed E-state index contributed by atoms with van der Waals surface area (Å²) in [7, 11) is 0. The van der Waals surface area contributed by atoms with Crippen LogP contribution in [0.1, 0.15) is 50.2 Å². The average molecular weight is 301 g/mol. The SMILES string of the molecule is CC1(NC(=O)[C@@H]2CC[C@H](C(=O)O)C2)CCCc2ccccc21. The first-order valence-corrected chi connectivity index (χ1v) is 8.13. The molecule has 1 amide bonds. The monoisotopic (exact) mass is 301 g/mol. The van der Waals surface area contributed by atoms with E-state index in [1.807, 2.05) is 12.1 Å². The van der Waals surface area contributed by atoms with Crippen LogP contribution in [0.2, 0.25) is 0 Å². The van der Waals surface area contributed by atoms with Gasteiger partial charge in [0.25, 0.3) is 0 Å². The standard InChI is InChI=1S/C18H23NO3/c1-18(10-4-6-12-5-2-3-7-15(12)18)19-16(20)13-8-9-14(11-13)17(21)22/h2-3,5,7,13-14H,4,6,8-11H2,1H3,(H,19,20)(H,21,22)/t13-,14+,18?/m1/s1. The van der Waals surface area contributed by atoms with Crippen molar-refractivity contribution in [2.75, 3.05) is 0 Å². The molecule has 0 radical (unpaired) electrons. The molecule has 1 fully saturated rings. The lowest BCUT2D eigenvalue weighted by Crippen LogP contribution is -2.47. The summed E-state index contributed by atoms with van der Waals surface area (Å²) >= 11 is 0. The zero-order chi connectivity index (χ0) is 15.7. The van der Waals surface area contributed by atoms with Crippen molar-refractivity contribution in [3.8, 4) is 0 Å². The molecule has 1 saturated carbocycles. The summed E-state index contributed by atoms with van der Waals surface area (Å²) in [5.41, 5.74) is 2.20. The summed E-state index contributed by atoms with van der Waals surface area (Å²) < 4.78 is 0. The normalized spacial score (nSPS) is 30.6. The minimum Gasteiger partial charge on any atom is -0.481 e. The number of carboxylic acids is 1. The van der Waals surface area contributed by atoms with E-state index in [0.29, 0.717) is 19.3 Å². The van der Waals surface area contributed by atoms with Crippen molar-refractivity contribution in [3.05, 3.63) is 35.4 Å². The number of hydrogen-bond acceptors (Lipinski definition) is 2. The lowest BCUT2D eigenvalue weighted by molar-refractivity contribution is -0.141. The number of carbonyl (C=O) groups excluding carboxylic acids is 1. The second-order valence-corrected chi connectivity index (χ2v) is 6.88. The minimum atomic E-state index is -0.774. The maximum atomic E-state index is 12.6. The largest absolute Gasteiger partial charge is 0.481 e. The van der Waals surface area contributed by atoms with Crippen LogP contribution in [-0.4, -0.2) is 17.0 Å². The van der Waals surface area contributed by atoms with Gasteiger partial charge in [-0.2, -0.15) is 0 Å². The topological polar surface area (TPSA) is 66.4 Å². The summed E-state index contributed by atoms with van der Waals surface area (Å²) in [5, 5.41) is 12.3. The van der Waals surface area contributed by atoms with Gasteiger partial charge in [-0.1, -0.05) is 24.3 Å². The Morgan fingerprint density at radius 3 is 2.68 bits per heavy atom. The van der Waals surface area contributed by atoms with Crippen LogP contribution in [0, 0.1) is 11.8 Å². The fourth-order valence-corrected chi connectivity index (χ4v) is 3.99. The van der Waals surface area contributed by atoms with E-state index in [0.717, 1.165) is 19.3 Å². The van der Waals surface area contributed by atoms with Crippen LogP contribution in [-0.2, 0) is 21.5 Å². The Morgan fingerprint density at radius 1 is 1.23 bits per heavy atom. The molecule has 118 valence electrons. The Labute approximate surface area is 130 Å². The predicted molar refractivity (Wildman–Crippen MR) is 83.3 cm³/mol. The molecular formula is C18H23NO3. The Bertz CT molecular complexity index is 598. The predicted octanol–water partition coefficient (Wildman–Crippen LogP) is 2.86. The van der Waals surface area contributed by atoms with Crippen LogP contribution in [0.4, 0.5) is 0 Å². The number of aryl methyl sites for hydroxylation is 1. The number of carbonyl (C=O) groups is 2. The molecular weight excluding hydrogens is 278 g/mol. The highest BCUT2D eigenvalue weighted by atomic mass is 16.4. The Hall–Kier alpha value is -1.84. The van der Waals surface area contributed by atoms with Crippen molar-refractivity contribution in [3.63, 3.8) is 0 Å². The molecule has 0 aromatic heterocycles. The first-order valence-electron chi connectivity index (χ1n) is 8.13. The van der Waals surface area contributed by atoms with Gasteiger partial charge in [0, 0.05) is 5.92 Å². The summed E-state index contributed by atoms with van der Waals surface area (Å²) in [6, 6.07) is 8.30. The number of rotatable bonds is 3. The molecule has 1 aromatic rings. The molecule has 0 aliphatic heterocycles. The van der Waals surface area contributed by atoms with Gasteiger partial charge in [-0.25, -0.2) is 0 Å². The van der Waals surface area contributed by atoms with E-state index in [4.69, 9.17) is 5.11 Å². The van der Waals surface area contributed by atoms with E-state index in [1.54, 1.807) is 0 Å². The second kappa shape index (κ2) is 5.75. The average Bonchev–Trinajstić information content (AvgIpc) is 2.98. The van der Waals surface area contributed by atoms with Gasteiger partial charge in [-0.15, -0.1) is 0 Å². The van der Waals surface area contributed by atoms with Crippen LogP contribution in [0.15, 0.2) is 24.3 Å². The molecule has 2 aliphatic carbocycles. The van der Waals surface area contributed by atoms with Gasteiger partial charge in [0.15, 0.2) is 0 Å². The van der Waals surface area contributed by atoms with E-state index < -0.39 is 5.97 Å². The van der Waals surface area contributed by atoms with E-state index in [9.17, 15) is 9.59 Å². The van der Waals surface area contributed by atoms with E-state index >= 15 is 0 Å². The lowest BCUT2D eigenvalue weighted by Gasteiger charge is -2.37. The highest BCUT2D eigenvalue weighted by molar-refractivity contribution is 5.81. The Kier molecular flexibility index (Phi) is 3.94. The van der Waals surface area contributed by atoms with Crippen molar-refractivity contribution >= 4 is 11.9 Å². The zero-order valence-corrected chi connectivity index (χ0v) is 13.0. The highest BCUT2D eigenvalue weighted by Crippen LogP contribution is 2.37. The van der Waals surface area contributed by atoms with Crippen LogP contribution < -0.4 is 5.32 Å². The van der Waals surface area contributed by atoms with Crippen LogP contribution >= 0.6 is 0 Å². The van der Waals surface area contributed by atoms with Gasteiger partial charge in [0.2, 0.25) is 5.91 Å². The van der Waals surface area contributed by atoms with Gasteiger partial charge >= 0.3 is 5.97 Å². The maximum Gasteiger partial charge on any atom is 0.306 e. The van der Waals surface area contributed by atoms with Gasteiger partial charge < -0.3 is 10.4 Å². The van der Waals surface area contributed by atoms with Crippen LogP contribution in [0.5, 0.6) is 0 Å². The first-order chi connectivity index (χ1) is 10.5. The third-order valence-corrected chi connectivity index (χ3v) is 5.29. The molecule has 0 bridgehead atoms. The molecule has 0 spiro atoms. The second-order valence-electron chi connectivity index (χ2n) is 6.88. The number of benzene rings is 1. The van der Waals surface area contributed by atoms with Crippen molar-refractivity contribution in [2.45, 2.75) is 51.0 Å². The lowest BCUT2D eigenvalue weighted by atomic mass is 9.77. The molecule has 0 heterocycles. The van der Waals surface area contributed by atoms with Crippen LogP contribution in [0.3, 0.4) is 0 Å². The highest BCUT2D eigenvalue weighted by Gasteiger charge is 2.38. The summed E-state index contributed by atoms with van der Waals surface area (Å²) in [6.07, 6.45) is 4.83. The summed E-state index contributed by atoms with van der Waals surface area (Å²) in [4.78, 5) is 23.6. The van der Waals surface area contributed by atoms with Gasteiger partial charge in [-0.05, 0) is 56.6 Å². The molecule has 0 saturated heterocycles. The number of fused-ring (bicyclic) bond motifs is 1. The number of carboxylic acid groups (broad SMARTS) is 1. The molecule has 22 heavy (non-hydrogen) atoms. The number of nitrogens with one attached hydrogen (secondary N) is 1. The van der Waals surface area contributed by atoms with Crippen molar-refractivity contribution in [1.29, 1.82) is 0 Å². The van der Waals surface area contributed by atoms with Crippen molar-refractivity contribution < 1.29 is 14.7 Å². The summed E-state index contributed by atoms with van der Waals surface area (Å²) in [5.74, 6) is -1.28. The molecule has 1 unspecified atom stereocenters. The molecule has 3 rings (SSSR count). The third-order valence-electron chi connectivity index (χ3n) is 5.29. The number of amides is 1. The van der Waals surface area contributed by atoms with Crippen molar-refractivity contribution in [1.82, 2.24) is 5.32 Å². The quantitative estimate of drug-likeness (QED) is 0.902. The molecule has 2 N–H and O–H groups in total. The van der Waals surface area contributed by atoms with Crippen LogP contribution in [0.25, 0.3) is 0 Å². The zero-order valence-electron chi connectivity index (χ0n) is 13.0. The maximum absolute atomic E-state index is 12.6. The van der Waals surface area contributed by atoms with Crippen molar-refractivity contribution in [2.24, 2.45) is 11.8 Å². The molecule has 1 aromatic carbocycles. The smallest absolute Gasteiger partial charge is 0.306 e. The van der Waals surface area contributed by atoms with E-state index in [-0.39, 0.29) is 23.3 Å². The molecule has 3 atom stereocenters.